The second-order valence-corrected chi connectivity index (χ2v) is 6.03. The van der Waals surface area contributed by atoms with Crippen molar-refractivity contribution in [3.05, 3.63) is 35.4 Å². The number of carbonyl (C=O) groups is 1. The van der Waals surface area contributed by atoms with Crippen molar-refractivity contribution in [2.45, 2.75) is 44.9 Å². The number of benzene rings is 1. The van der Waals surface area contributed by atoms with Crippen molar-refractivity contribution in [1.29, 1.82) is 0 Å². The minimum absolute atomic E-state index is 0.0474. The molecule has 1 aromatic rings. The predicted molar refractivity (Wildman–Crippen MR) is 81.8 cm³/mol. The molecule has 0 unspecified atom stereocenters. The van der Waals surface area contributed by atoms with Gasteiger partial charge >= 0.3 is 0 Å². The fourth-order valence-electron chi connectivity index (χ4n) is 2.95. The topological polar surface area (TPSA) is 49.8 Å². The summed E-state index contributed by atoms with van der Waals surface area (Å²) in [6, 6.07) is 8.24. The summed E-state index contributed by atoms with van der Waals surface area (Å²) in [6.07, 6.45) is 1.31. The minimum Gasteiger partial charge on any atom is -0.390 e. The van der Waals surface area contributed by atoms with Gasteiger partial charge < -0.3 is 14.7 Å². The van der Waals surface area contributed by atoms with E-state index in [2.05, 4.69) is 31.2 Å². The van der Waals surface area contributed by atoms with Crippen LogP contribution in [-0.4, -0.2) is 42.3 Å². The van der Waals surface area contributed by atoms with Crippen LogP contribution < -0.4 is 0 Å². The fourth-order valence-corrected chi connectivity index (χ4v) is 2.95. The number of rotatable bonds is 4. The molecule has 1 fully saturated rings. The summed E-state index contributed by atoms with van der Waals surface area (Å²) in [4.78, 5) is 14.3. The van der Waals surface area contributed by atoms with Gasteiger partial charge in [0.1, 0.15) is 0 Å². The Balaban J connectivity index is 1.94. The van der Waals surface area contributed by atoms with Crippen LogP contribution in [0.25, 0.3) is 0 Å². The molecule has 3 atom stereocenters. The lowest BCUT2D eigenvalue weighted by Gasteiger charge is -2.33. The first kappa shape index (κ1) is 16.0. The van der Waals surface area contributed by atoms with Crippen LogP contribution >= 0.6 is 0 Å². The molecule has 1 saturated carbocycles. The zero-order valence-electron chi connectivity index (χ0n) is 13.1. The lowest BCUT2D eigenvalue weighted by atomic mass is 9.84. The Morgan fingerprint density at radius 3 is 2.62 bits per heavy atom. The molecule has 4 heteroatoms. The number of carbonyl (C=O) groups excluding carboxylic acids is 1. The summed E-state index contributed by atoms with van der Waals surface area (Å²) in [5, 5.41) is 9.82. The van der Waals surface area contributed by atoms with Crippen molar-refractivity contribution in [2.24, 2.45) is 5.92 Å². The quantitative estimate of drug-likeness (QED) is 0.924. The number of amides is 1. The van der Waals surface area contributed by atoms with E-state index < -0.39 is 6.10 Å². The summed E-state index contributed by atoms with van der Waals surface area (Å²) in [6.45, 7) is 2.67. The van der Waals surface area contributed by atoms with Gasteiger partial charge in [0.25, 0.3) is 0 Å². The molecule has 1 aliphatic carbocycles. The van der Waals surface area contributed by atoms with E-state index in [1.54, 1.807) is 12.0 Å². The summed E-state index contributed by atoms with van der Waals surface area (Å²) < 4.78 is 5.27. The standard InChI is InChI=1S/C17H25NO3/c1-12-4-6-13(7-5-12)11-18(2)17(20)14-8-9-15(19)16(10-14)21-3/h4-7,14-16,19H,8-11H2,1-3H3/t14-,15+,16-/m1/s1. The Morgan fingerprint density at radius 2 is 2.00 bits per heavy atom. The van der Waals surface area contributed by atoms with E-state index in [1.807, 2.05) is 7.05 Å². The smallest absolute Gasteiger partial charge is 0.225 e. The van der Waals surface area contributed by atoms with Gasteiger partial charge in [-0.15, -0.1) is 0 Å². The summed E-state index contributed by atoms with van der Waals surface area (Å²) in [5.41, 5.74) is 2.35. The van der Waals surface area contributed by atoms with E-state index in [1.165, 1.54) is 5.56 Å². The molecule has 116 valence electrons. The van der Waals surface area contributed by atoms with Crippen LogP contribution in [0.4, 0.5) is 0 Å². The number of hydrogen-bond acceptors (Lipinski definition) is 3. The molecule has 0 aliphatic heterocycles. The SMILES string of the molecule is CO[C@@H]1C[C@H](C(=O)N(C)Cc2ccc(C)cc2)CC[C@@H]1O. The predicted octanol–water partition coefficient (Wildman–Crippen LogP) is 2.13. The largest absolute Gasteiger partial charge is 0.390 e. The van der Waals surface area contributed by atoms with Gasteiger partial charge in [0.15, 0.2) is 0 Å². The molecule has 0 bridgehead atoms. The molecule has 1 N–H and O–H groups in total. The molecule has 21 heavy (non-hydrogen) atoms. The van der Waals surface area contributed by atoms with Crippen molar-refractivity contribution in [1.82, 2.24) is 4.90 Å². The van der Waals surface area contributed by atoms with E-state index in [9.17, 15) is 9.90 Å². The molecule has 0 aromatic heterocycles. The Hall–Kier alpha value is -1.39. The second-order valence-electron chi connectivity index (χ2n) is 6.03. The lowest BCUT2D eigenvalue weighted by Crippen LogP contribution is -2.41. The zero-order chi connectivity index (χ0) is 15.4. The number of hydrogen-bond donors (Lipinski definition) is 1. The van der Waals surface area contributed by atoms with Gasteiger partial charge in [-0.3, -0.25) is 4.79 Å². The van der Waals surface area contributed by atoms with Crippen LogP contribution in [0.2, 0.25) is 0 Å². The van der Waals surface area contributed by atoms with E-state index in [-0.39, 0.29) is 17.9 Å². The van der Waals surface area contributed by atoms with Crippen molar-refractivity contribution < 1.29 is 14.6 Å². The molecule has 0 heterocycles. The highest BCUT2D eigenvalue weighted by Gasteiger charge is 2.34. The van der Waals surface area contributed by atoms with Gasteiger partial charge in [0, 0.05) is 26.6 Å². The van der Waals surface area contributed by atoms with Crippen molar-refractivity contribution >= 4 is 5.91 Å². The first-order valence-corrected chi connectivity index (χ1v) is 7.52. The molecular formula is C17H25NO3. The Bertz CT molecular complexity index is 471. The lowest BCUT2D eigenvalue weighted by molar-refractivity contribution is -0.140. The normalized spacial score (nSPS) is 25.6. The summed E-state index contributed by atoms with van der Waals surface area (Å²) >= 11 is 0. The van der Waals surface area contributed by atoms with Crippen molar-refractivity contribution in [3.63, 3.8) is 0 Å². The van der Waals surface area contributed by atoms with E-state index in [0.29, 0.717) is 19.4 Å². The number of methoxy groups -OCH3 is 1. The maximum absolute atomic E-state index is 12.5. The third-order valence-electron chi connectivity index (χ3n) is 4.33. The Labute approximate surface area is 126 Å². The zero-order valence-corrected chi connectivity index (χ0v) is 13.1. The van der Waals surface area contributed by atoms with Crippen LogP contribution in [0.15, 0.2) is 24.3 Å². The molecule has 0 spiro atoms. The first-order valence-electron chi connectivity index (χ1n) is 7.52. The van der Waals surface area contributed by atoms with Gasteiger partial charge in [-0.25, -0.2) is 0 Å². The van der Waals surface area contributed by atoms with Crippen LogP contribution in [0, 0.1) is 12.8 Å². The molecule has 1 amide bonds. The number of aliphatic hydroxyl groups excluding tert-OH is 1. The summed E-state index contributed by atoms with van der Waals surface area (Å²) in [5.74, 6) is 0.0957. The van der Waals surface area contributed by atoms with Gasteiger partial charge in [0.05, 0.1) is 12.2 Å². The van der Waals surface area contributed by atoms with Crippen LogP contribution in [0.1, 0.15) is 30.4 Å². The highest BCUT2D eigenvalue weighted by molar-refractivity contribution is 5.78. The van der Waals surface area contributed by atoms with E-state index >= 15 is 0 Å². The number of aliphatic hydroxyl groups is 1. The second kappa shape index (κ2) is 7.05. The molecule has 0 radical (unpaired) electrons. The van der Waals surface area contributed by atoms with Gasteiger partial charge in [0.2, 0.25) is 5.91 Å². The van der Waals surface area contributed by atoms with Crippen molar-refractivity contribution in [2.75, 3.05) is 14.2 Å². The number of ether oxygens (including phenoxy) is 1. The highest BCUT2D eigenvalue weighted by Crippen LogP contribution is 2.28. The van der Waals surface area contributed by atoms with Crippen LogP contribution in [0.5, 0.6) is 0 Å². The third-order valence-corrected chi connectivity index (χ3v) is 4.33. The Kier molecular flexibility index (Phi) is 5.37. The van der Waals surface area contributed by atoms with Gasteiger partial charge in [-0.2, -0.15) is 0 Å². The average Bonchev–Trinajstić information content (AvgIpc) is 2.49. The number of aryl methyl sites for hydroxylation is 1. The monoisotopic (exact) mass is 291 g/mol. The van der Waals surface area contributed by atoms with Crippen LogP contribution in [0.3, 0.4) is 0 Å². The fraction of sp³-hybridized carbons (Fsp3) is 0.588. The summed E-state index contributed by atoms with van der Waals surface area (Å²) in [7, 11) is 3.44. The first-order chi connectivity index (χ1) is 10.0. The minimum atomic E-state index is -0.443. The van der Waals surface area contributed by atoms with Crippen molar-refractivity contribution in [3.8, 4) is 0 Å². The highest BCUT2D eigenvalue weighted by atomic mass is 16.5. The van der Waals surface area contributed by atoms with E-state index in [4.69, 9.17) is 4.74 Å². The maximum Gasteiger partial charge on any atom is 0.225 e. The van der Waals surface area contributed by atoms with Gasteiger partial charge in [-0.1, -0.05) is 29.8 Å². The third kappa shape index (κ3) is 4.05. The number of nitrogens with zero attached hydrogens (tertiary/aromatic N) is 1. The molecular weight excluding hydrogens is 266 g/mol. The van der Waals surface area contributed by atoms with Crippen LogP contribution in [-0.2, 0) is 16.1 Å². The molecule has 0 saturated heterocycles. The van der Waals surface area contributed by atoms with E-state index in [0.717, 1.165) is 12.0 Å². The molecule has 1 aromatic carbocycles. The Morgan fingerprint density at radius 1 is 1.33 bits per heavy atom. The van der Waals surface area contributed by atoms with Gasteiger partial charge in [-0.05, 0) is 31.7 Å². The molecule has 4 nitrogen and oxygen atoms in total. The molecule has 1 aliphatic rings. The molecule has 2 rings (SSSR count). The maximum atomic E-state index is 12.5. The average molecular weight is 291 g/mol.